The van der Waals surface area contributed by atoms with Gasteiger partial charge in [-0.3, -0.25) is 0 Å². The number of piperidine rings is 1. The number of imidazole rings is 1. The van der Waals surface area contributed by atoms with Crippen LogP contribution in [-0.4, -0.2) is 45.9 Å². The van der Waals surface area contributed by atoms with Crippen LogP contribution in [0, 0.1) is 0 Å². The Balaban J connectivity index is 1.45. The molecule has 1 spiro atoms. The Morgan fingerprint density at radius 2 is 2.04 bits per heavy atom. The molecule has 144 valence electrons. The van der Waals surface area contributed by atoms with Crippen molar-refractivity contribution < 1.29 is 9.53 Å². The fourth-order valence-corrected chi connectivity index (χ4v) is 4.27. The minimum Gasteiger partial charge on any atom is -0.441 e. The number of halogens is 1. The number of alkyl carbamates (subject to hydrolysis) is 1. The van der Waals surface area contributed by atoms with E-state index >= 15 is 0 Å². The summed E-state index contributed by atoms with van der Waals surface area (Å²) in [7, 11) is 1.99. The lowest BCUT2D eigenvalue weighted by Crippen LogP contribution is -2.46. The molecule has 2 saturated heterocycles. The van der Waals surface area contributed by atoms with Gasteiger partial charge in [0.2, 0.25) is 0 Å². The molecule has 1 aromatic carbocycles. The van der Waals surface area contributed by atoms with E-state index in [0.717, 1.165) is 54.2 Å². The van der Waals surface area contributed by atoms with Gasteiger partial charge in [0.15, 0.2) is 0 Å². The van der Waals surface area contributed by atoms with Crippen molar-refractivity contribution in [2.24, 2.45) is 7.05 Å². The topological polar surface area (TPSA) is 72.3 Å². The van der Waals surface area contributed by atoms with Gasteiger partial charge in [-0.25, -0.2) is 14.8 Å². The summed E-state index contributed by atoms with van der Waals surface area (Å²) in [6.45, 7) is 2.12. The first-order valence-electron chi connectivity index (χ1n) is 9.34. The zero-order valence-electron chi connectivity index (χ0n) is 15.5. The van der Waals surface area contributed by atoms with Crippen LogP contribution in [0.25, 0.3) is 22.4 Å². The molecule has 1 N–H and O–H groups in total. The number of aryl methyl sites for hydroxylation is 1. The number of amides is 1. The van der Waals surface area contributed by atoms with Crippen molar-refractivity contribution in [2.45, 2.75) is 18.4 Å². The first-order valence-corrected chi connectivity index (χ1v) is 9.72. The van der Waals surface area contributed by atoms with Crippen LogP contribution in [0.4, 0.5) is 10.6 Å². The zero-order valence-corrected chi connectivity index (χ0v) is 16.2. The molecule has 2 aliphatic rings. The first-order chi connectivity index (χ1) is 13.5. The summed E-state index contributed by atoms with van der Waals surface area (Å²) in [5.41, 5.74) is 2.48. The highest BCUT2D eigenvalue weighted by Gasteiger charge is 2.43. The molecule has 2 fully saturated rings. The second kappa shape index (κ2) is 6.38. The lowest BCUT2D eigenvalue weighted by molar-refractivity contribution is 0.0366. The molecule has 0 radical (unpaired) electrons. The van der Waals surface area contributed by atoms with E-state index in [9.17, 15) is 4.79 Å². The molecule has 0 atom stereocenters. The minimum atomic E-state index is -0.375. The number of carbonyl (C=O) groups excluding carboxylic acids is 1. The van der Waals surface area contributed by atoms with Crippen LogP contribution in [-0.2, 0) is 11.8 Å². The molecule has 8 heteroatoms. The number of nitrogens with zero attached hydrogens (tertiary/aromatic N) is 4. The minimum absolute atomic E-state index is 0.317. The van der Waals surface area contributed by atoms with Crippen molar-refractivity contribution in [1.29, 1.82) is 0 Å². The number of anilines is 1. The Labute approximate surface area is 167 Å². The molecule has 3 aromatic rings. The van der Waals surface area contributed by atoms with Crippen LogP contribution < -0.4 is 10.2 Å². The van der Waals surface area contributed by atoms with E-state index in [-0.39, 0.29) is 11.7 Å². The van der Waals surface area contributed by atoms with Gasteiger partial charge in [0.25, 0.3) is 0 Å². The quantitative estimate of drug-likeness (QED) is 0.717. The number of benzene rings is 1. The van der Waals surface area contributed by atoms with Crippen LogP contribution in [0.1, 0.15) is 12.8 Å². The van der Waals surface area contributed by atoms with Gasteiger partial charge < -0.3 is 19.5 Å². The maximum Gasteiger partial charge on any atom is 0.407 e. The van der Waals surface area contributed by atoms with Crippen molar-refractivity contribution in [2.75, 3.05) is 24.5 Å². The van der Waals surface area contributed by atoms with Gasteiger partial charge >= 0.3 is 6.09 Å². The number of hydrogen-bond acceptors (Lipinski definition) is 5. The van der Waals surface area contributed by atoms with E-state index in [4.69, 9.17) is 21.3 Å². The monoisotopic (exact) mass is 397 g/mol. The van der Waals surface area contributed by atoms with E-state index in [1.54, 1.807) is 6.20 Å². The molecule has 0 saturated carbocycles. The number of nitrogens with one attached hydrogen (secondary N) is 1. The molecule has 7 nitrogen and oxygen atoms in total. The standard InChI is InChI=1S/C20H20ClN5O2/c1-25-16-5-3-2-4-15(16)24-18(25)13-10-17(22-11-14(13)21)26-8-6-20(7-9-26)12-23-19(27)28-20/h2-5,10-11H,6-9,12H2,1H3,(H,23,27). The maximum atomic E-state index is 11.4. The van der Waals surface area contributed by atoms with Crippen molar-refractivity contribution in [1.82, 2.24) is 19.9 Å². The molecule has 5 rings (SSSR count). The smallest absolute Gasteiger partial charge is 0.407 e. The van der Waals surface area contributed by atoms with Crippen LogP contribution in [0.3, 0.4) is 0 Å². The highest BCUT2D eigenvalue weighted by molar-refractivity contribution is 6.33. The van der Waals surface area contributed by atoms with E-state index in [1.165, 1.54) is 0 Å². The third-order valence-electron chi connectivity index (χ3n) is 5.73. The maximum absolute atomic E-state index is 11.4. The molecule has 1 amide bonds. The normalized spacial score (nSPS) is 18.5. The Bertz CT molecular complexity index is 1070. The molecule has 0 bridgehead atoms. The predicted octanol–water partition coefficient (Wildman–Crippen LogP) is 3.37. The third kappa shape index (κ3) is 2.77. The van der Waals surface area contributed by atoms with Crippen molar-refractivity contribution >= 4 is 34.5 Å². The summed E-state index contributed by atoms with van der Waals surface area (Å²) in [5.74, 6) is 1.68. The summed E-state index contributed by atoms with van der Waals surface area (Å²) >= 11 is 6.48. The van der Waals surface area contributed by atoms with Gasteiger partial charge in [0.05, 0.1) is 22.6 Å². The SMILES string of the molecule is Cn1c(-c2cc(N3CCC4(CC3)CNC(=O)O4)ncc2Cl)nc2ccccc21. The molecule has 2 aliphatic heterocycles. The van der Waals surface area contributed by atoms with Crippen LogP contribution >= 0.6 is 11.6 Å². The summed E-state index contributed by atoms with van der Waals surface area (Å²) in [6, 6.07) is 10.0. The lowest BCUT2D eigenvalue weighted by Gasteiger charge is -2.37. The van der Waals surface area contributed by atoms with Gasteiger partial charge in [-0.15, -0.1) is 0 Å². The Hall–Kier alpha value is -2.80. The number of rotatable bonds is 2. The summed E-state index contributed by atoms with van der Waals surface area (Å²) < 4.78 is 7.55. The largest absolute Gasteiger partial charge is 0.441 e. The Morgan fingerprint density at radius 1 is 1.25 bits per heavy atom. The molecule has 2 aromatic heterocycles. The van der Waals surface area contributed by atoms with Gasteiger partial charge in [0, 0.05) is 44.7 Å². The third-order valence-corrected chi connectivity index (χ3v) is 6.03. The van der Waals surface area contributed by atoms with Crippen molar-refractivity contribution in [3.63, 3.8) is 0 Å². The Kier molecular flexibility index (Phi) is 3.94. The summed E-state index contributed by atoms with van der Waals surface area (Å²) in [5, 5.41) is 3.34. The van der Waals surface area contributed by atoms with Crippen molar-refractivity contribution in [3.05, 3.63) is 41.6 Å². The number of para-hydroxylation sites is 2. The number of ether oxygens (including phenoxy) is 1. The fraction of sp³-hybridized carbons (Fsp3) is 0.350. The van der Waals surface area contributed by atoms with E-state index in [1.807, 2.05) is 37.4 Å². The van der Waals surface area contributed by atoms with E-state index in [2.05, 4.69) is 19.8 Å². The van der Waals surface area contributed by atoms with E-state index in [0.29, 0.717) is 11.6 Å². The number of hydrogen-bond donors (Lipinski definition) is 1. The molecular formula is C20H20ClN5O2. The highest BCUT2D eigenvalue weighted by Crippen LogP contribution is 2.35. The molecule has 0 aliphatic carbocycles. The first kappa shape index (κ1) is 17.3. The molecular weight excluding hydrogens is 378 g/mol. The van der Waals surface area contributed by atoms with Crippen LogP contribution in [0.15, 0.2) is 36.5 Å². The average Bonchev–Trinajstić information content (AvgIpc) is 3.23. The van der Waals surface area contributed by atoms with Gasteiger partial charge in [0.1, 0.15) is 17.2 Å². The van der Waals surface area contributed by atoms with Gasteiger partial charge in [-0.2, -0.15) is 0 Å². The molecule has 4 heterocycles. The van der Waals surface area contributed by atoms with Crippen LogP contribution in [0.2, 0.25) is 5.02 Å². The van der Waals surface area contributed by atoms with Gasteiger partial charge in [-0.05, 0) is 18.2 Å². The lowest BCUT2D eigenvalue weighted by atomic mass is 9.91. The average molecular weight is 398 g/mol. The number of carbonyl (C=O) groups is 1. The van der Waals surface area contributed by atoms with Crippen LogP contribution in [0.5, 0.6) is 0 Å². The molecule has 28 heavy (non-hydrogen) atoms. The number of pyridine rings is 1. The fourth-order valence-electron chi connectivity index (χ4n) is 4.08. The number of aromatic nitrogens is 3. The van der Waals surface area contributed by atoms with Crippen molar-refractivity contribution in [3.8, 4) is 11.4 Å². The number of fused-ring (bicyclic) bond motifs is 1. The van der Waals surface area contributed by atoms with Gasteiger partial charge in [-0.1, -0.05) is 23.7 Å². The summed E-state index contributed by atoms with van der Waals surface area (Å²) in [6.07, 6.45) is 2.92. The predicted molar refractivity (Wildman–Crippen MR) is 108 cm³/mol. The highest BCUT2D eigenvalue weighted by atomic mass is 35.5. The zero-order chi connectivity index (χ0) is 19.3. The van der Waals surface area contributed by atoms with E-state index < -0.39 is 0 Å². The summed E-state index contributed by atoms with van der Waals surface area (Å²) in [4.78, 5) is 22.9. The Morgan fingerprint density at radius 3 is 2.75 bits per heavy atom. The molecule has 0 unspecified atom stereocenters. The second-order valence-electron chi connectivity index (χ2n) is 7.42. The second-order valence-corrected chi connectivity index (χ2v) is 7.83.